The summed E-state index contributed by atoms with van der Waals surface area (Å²) in [6.45, 7) is 3.75. The highest BCUT2D eigenvalue weighted by Gasteiger charge is 2.30. The molecule has 0 radical (unpaired) electrons. The Hall–Kier alpha value is -3.94. The molecule has 0 saturated heterocycles. The molecular weight excluding hydrogens is 442 g/mol. The second-order valence-electron chi connectivity index (χ2n) is 8.30. The van der Waals surface area contributed by atoms with Gasteiger partial charge in [-0.15, -0.1) is 0 Å². The number of amides is 1. The molecule has 0 aliphatic rings. The standard InChI is InChI=1S/C28H31N3O4/c1-18(30)23-7-3-5-19(13-23)15-25(28(34)35-2)26(17-32)31-27(33)22-11-9-21(10-12-22)24-8-4-6-20(14-24)16-29/h3-14,25-26,32H,1,15-17,29-30H2,2H3,(H,31,33). The van der Waals surface area contributed by atoms with Crippen LogP contribution in [-0.4, -0.2) is 36.7 Å². The maximum Gasteiger partial charge on any atom is 0.311 e. The number of esters is 1. The van der Waals surface area contributed by atoms with Crippen molar-refractivity contribution in [3.8, 4) is 11.1 Å². The van der Waals surface area contributed by atoms with Crippen molar-refractivity contribution in [3.63, 3.8) is 0 Å². The number of aliphatic hydroxyl groups is 1. The van der Waals surface area contributed by atoms with Gasteiger partial charge in [0.05, 0.1) is 25.7 Å². The largest absolute Gasteiger partial charge is 0.469 e. The minimum absolute atomic E-state index is 0.246. The van der Waals surface area contributed by atoms with Crippen LogP contribution in [0.25, 0.3) is 16.8 Å². The number of hydrogen-bond donors (Lipinski definition) is 4. The Morgan fingerprint density at radius 2 is 1.66 bits per heavy atom. The zero-order valence-electron chi connectivity index (χ0n) is 19.7. The van der Waals surface area contributed by atoms with Crippen LogP contribution in [0.15, 0.2) is 79.4 Å². The number of carbonyl (C=O) groups is 2. The minimum atomic E-state index is -0.847. The van der Waals surface area contributed by atoms with Gasteiger partial charge in [-0.05, 0) is 58.5 Å². The third-order valence-corrected chi connectivity index (χ3v) is 5.90. The Morgan fingerprint density at radius 1 is 0.971 bits per heavy atom. The van der Waals surface area contributed by atoms with Crippen LogP contribution in [0.3, 0.4) is 0 Å². The van der Waals surface area contributed by atoms with Gasteiger partial charge in [-0.1, -0.05) is 55.1 Å². The average molecular weight is 474 g/mol. The molecule has 182 valence electrons. The molecular formula is C28H31N3O4. The Balaban J connectivity index is 1.77. The van der Waals surface area contributed by atoms with Crippen molar-refractivity contribution in [2.45, 2.75) is 19.0 Å². The number of ether oxygens (including phenoxy) is 1. The lowest BCUT2D eigenvalue weighted by Gasteiger charge is -2.25. The molecule has 0 heterocycles. The molecule has 0 spiro atoms. The first-order chi connectivity index (χ1) is 16.9. The van der Waals surface area contributed by atoms with Gasteiger partial charge in [-0.2, -0.15) is 0 Å². The Kier molecular flexibility index (Phi) is 8.78. The van der Waals surface area contributed by atoms with E-state index in [1.54, 1.807) is 12.1 Å². The SMILES string of the molecule is C=C(N)c1cccc(CC(C(=O)OC)C(CO)NC(=O)c2ccc(-c3cccc(CN)c3)cc2)c1. The second-order valence-corrected chi connectivity index (χ2v) is 8.30. The molecule has 2 atom stereocenters. The van der Waals surface area contributed by atoms with Crippen LogP contribution in [0.1, 0.15) is 27.0 Å². The van der Waals surface area contributed by atoms with E-state index in [1.807, 2.05) is 60.7 Å². The fraction of sp³-hybridized carbons (Fsp3) is 0.214. The smallest absolute Gasteiger partial charge is 0.311 e. The van der Waals surface area contributed by atoms with Crippen molar-refractivity contribution in [3.05, 3.63) is 102 Å². The summed E-state index contributed by atoms with van der Waals surface area (Å²) in [5.74, 6) is -1.73. The zero-order valence-corrected chi connectivity index (χ0v) is 19.7. The van der Waals surface area contributed by atoms with Crippen LogP contribution in [0.5, 0.6) is 0 Å². The minimum Gasteiger partial charge on any atom is -0.469 e. The molecule has 0 aliphatic heterocycles. The van der Waals surface area contributed by atoms with Gasteiger partial charge in [0.1, 0.15) is 0 Å². The van der Waals surface area contributed by atoms with Crippen molar-refractivity contribution in [1.82, 2.24) is 5.32 Å². The number of nitrogens with one attached hydrogen (secondary N) is 1. The monoisotopic (exact) mass is 473 g/mol. The van der Waals surface area contributed by atoms with E-state index in [2.05, 4.69) is 11.9 Å². The number of aliphatic hydroxyl groups excluding tert-OH is 1. The van der Waals surface area contributed by atoms with E-state index in [1.165, 1.54) is 7.11 Å². The summed E-state index contributed by atoms with van der Waals surface area (Å²) in [7, 11) is 1.28. The number of benzene rings is 3. The second kappa shape index (κ2) is 12.0. The lowest BCUT2D eigenvalue weighted by atomic mass is 9.91. The molecule has 0 saturated carbocycles. The summed E-state index contributed by atoms with van der Waals surface area (Å²) in [6.07, 6.45) is 0.246. The van der Waals surface area contributed by atoms with Crippen LogP contribution in [0.2, 0.25) is 0 Å². The van der Waals surface area contributed by atoms with Gasteiger partial charge in [-0.3, -0.25) is 9.59 Å². The first-order valence-electron chi connectivity index (χ1n) is 11.3. The number of rotatable bonds is 10. The summed E-state index contributed by atoms with van der Waals surface area (Å²) < 4.78 is 4.96. The fourth-order valence-corrected chi connectivity index (χ4v) is 3.91. The molecule has 35 heavy (non-hydrogen) atoms. The van der Waals surface area contributed by atoms with Crippen molar-refractivity contribution in [1.29, 1.82) is 0 Å². The Labute approximate surface area is 205 Å². The van der Waals surface area contributed by atoms with Gasteiger partial charge < -0.3 is 26.6 Å². The highest BCUT2D eigenvalue weighted by atomic mass is 16.5. The lowest BCUT2D eigenvalue weighted by molar-refractivity contribution is -0.146. The van der Waals surface area contributed by atoms with E-state index < -0.39 is 30.4 Å². The average Bonchev–Trinajstić information content (AvgIpc) is 2.90. The van der Waals surface area contributed by atoms with E-state index in [0.717, 1.165) is 27.8 Å². The molecule has 0 bridgehead atoms. The Bertz CT molecular complexity index is 1190. The number of hydrogen-bond acceptors (Lipinski definition) is 6. The molecule has 6 N–H and O–H groups in total. The van der Waals surface area contributed by atoms with Crippen molar-refractivity contribution < 1.29 is 19.4 Å². The van der Waals surface area contributed by atoms with Crippen LogP contribution >= 0.6 is 0 Å². The maximum atomic E-state index is 13.0. The van der Waals surface area contributed by atoms with Gasteiger partial charge >= 0.3 is 5.97 Å². The molecule has 7 nitrogen and oxygen atoms in total. The molecule has 0 aromatic heterocycles. The van der Waals surface area contributed by atoms with E-state index >= 15 is 0 Å². The molecule has 0 fully saturated rings. The predicted octanol–water partition coefficient (Wildman–Crippen LogP) is 2.86. The summed E-state index contributed by atoms with van der Waals surface area (Å²) in [6, 6.07) is 21.5. The quantitative estimate of drug-likeness (QED) is 0.335. The van der Waals surface area contributed by atoms with Crippen molar-refractivity contribution >= 4 is 17.6 Å². The van der Waals surface area contributed by atoms with Gasteiger partial charge in [0.25, 0.3) is 5.91 Å². The maximum absolute atomic E-state index is 13.0. The van der Waals surface area contributed by atoms with E-state index in [0.29, 0.717) is 17.8 Å². The first kappa shape index (κ1) is 25.7. The highest BCUT2D eigenvalue weighted by Crippen LogP contribution is 2.22. The van der Waals surface area contributed by atoms with E-state index in [-0.39, 0.29) is 6.42 Å². The summed E-state index contributed by atoms with van der Waals surface area (Å²) in [4.78, 5) is 25.5. The predicted molar refractivity (Wildman–Crippen MR) is 137 cm³/mol. The van der Waals surface area contributed by atoms with Gasteiger partial charge in [0.15, 0.2) is 0 Å². The van der Waals surface area contributed by atoms with Crippen LogP contribution < -0.4 is 16.8 Å². The topological polar surface area (TPSA) is 128 Å². The summed E-state index contributed by atoms with van der Waals surface area (Å²) in [5, 5.41) is 12.8. The normalized spacial score (nSPS) is 12.4. The van der Waals surface area contributed by atoms with Crippen molar-refractivity contribution in [2.24, 2.45) is 17.4 Å². The fourth-order valence-electron chi connectivity index (χ4n) is 3.91. The molecule has 3 aromatic carbocycles. The van der Waals surface area contributed by atoms with Crippen LogP contribution in [-0.2, 0) is 22.5 Å². The zero-order chi connectivity index (χ0) is 25.4. The highest BCUT2D eigenvalue weighted by molar-refractivity contribution is 5.95. The first-order valence-corrected chi connectivity index (χ1v) is 11.3. The number of nitrogens with two attached hydrogens (primary N) is 2. The van der Waals surface area contributed by atoms with Crippen molar-refractivity contribution in [2.75, 3.05) is 13.7 Å². The summed E-state index contributed by atoms with van der Waals surface area (Å²) >= 11 is 0. The molecule has 1 amide bonds. The van der Waals surface area contributed by atoms with E-state index in [9.17, 15) is 14.7 Å². The molecule has 2 unspecified atom stereocenters. The van der Waals surface area contributed by atoms with Gasteiger partial charge in [-0.25, -0.2) is 0 Å². The molecule has 3 aromatic rings. The number of carbonyl (C=O) groups excluding carboxylic acids is 2. The third-order valence-electron chi connectivity index (χ3n) is 5.90. The van der Waals surface area contributed by atoms with Gasteiger partial charge in [0, 0.05) is 17.8 Å². The van der Waals surface area contributed by atoms with E-state index in [4.69, 9.17) is 16.2 Å². The lowest BCUT2D eigenvalue weighted by Crippen LogP contribution is -2.47. The molecule has 0 aliphatic carbocycles. The third kappa shape index (κ3) is 6.56. The summed E-state index contributed by atoms with van der Waals surface area (Å²) in [5.41, 5.74) is 16.9. The number of methoxy groups -OCH3 is 1. The Morgan fingerprint density at radius 3 is 2.29 bits per heavy atom. The van der Waals surface area contributed by atoms with Crippen LogP contribution in [0, 0.1) is 5.92 Å². The van der Waals surface area contributed by atoms with Gasteiger partial charge in [0.2, 0.25) is 0 Å². The molecule has 3 rings (SSSR count). The molecule has 7 heteroatoms. The van der Waals surface area contributed by atoms with Crippen LogP contribution in [0.4, 0.5) is 0 Å².